The zero-order chi connectivity index (χ0) is 8.69. The van der Waals surface area contributed by atoms with E-state index in [2.05, 4.69) is 24.3 Å². The lowest BCUT2D eigenvalue weighted by molar-refractivity contribution is -0.113. The Labute approximate surface area is 67.9 Å². The molecule has 1 amide bonds. The monoisotopic (exact) mass is 156 g/mol. The topological polar surface area (TPSA) is 46.3 Å². The third-order valence-electron chi connectivity index (χ3n) is 1.53. The van der Waals surface area contributed by atoms with Crippen LogP contribution in [0.2, 0.25) is 0 Å². The number of nitrogens with two attached hydrogens (primary N) is 1. The van der Waals surface area contributed by atoms with Crippen molar-refractivity contribution in [2.75, 3.05) is 20.1 Å². The zero-order valence-corrected chi connectivity index (χ0v) is 7.05. The minimum atomic E-state index is -0.481. The lowest BCUT2D eigenvalue weighted by Gasteiger charge is -2.01. The van der Waals surface area contributed by atoms with Crippen LogP contribution in [0.1, 0.15) is 12.8 Å². The predicted molar refractivity (Wildman–Crippen MR) is 46.1 cm³/mol. The minimum Gasteiger partial charge on any atom is -0.366 e. The molecule has 11 heavy (non-hydrogen) atoms. The van der Waals surface area contributed by atoms with E-state index in [0.717, 1.165) is 6.08 Å². The van der Waals surface area contributed by atoms with Crippen molar-refractivity contribution in [1.29, 1.82) is 0 Å². The van der Waals surface area contributed by atoms with Crippen LogP contribution >= 0.6 is 0 Å². The maximum absolute atomic E-state index is 9.47. The van der Waals surface area contributed by atoms with Crippen LogP contribution < -0.4 is 5.73 Å². The van der Waals surface area contributed by atoms with Gasteiger partial charge in [0.1, 0.15) is 0 Å². The van der Waals surface area contributed by atoms with E-state index in [1.165, 1.54) is 25.9 Å². The van der Waals surface area contributed by atoms with Crippen LogP contribution in [0, 0.1) is 0 Å². The van der Waals surface area contributed by atoms with Gasteiger partial charge in [0.2, 0.25) is 5.91 Å². The standard InChI is InChI=1S/C5H11N.C3H5NO/c1-6-4-2-3-5-6;1-2-3(4)5/h2-5H2,1H3;2H,1H2,(H2,4,5). The molecular weight excluding hydrogens is 140 g/mol. The maximum Gasteiger partial charge on any atom is 0.240 e. The van der Waals surface area contributed by atoms with Gasteiger partial charge in [0.05, 0.1) is 0 Å². The number of rotatable bonds is 1. The molecule has 1 aliphatic rings. The molecule has 0 bridgehead atoms. The fourth-order valence-corrected chi connectivity index (χ4v) is 0.875. The molecule has 1 saturated heterocycles. The number of hydrogen-bond donors (Lipinski definition) is 1. The Bertz CT molecular complexity index is 128. The van der Waals surface area contributed by atoms with Crippen molar-refractivity contribution < 1.29 is 4.79 Å². The highest BCUT2D eigenvalue weighted by Crippen LogP contribution is 2.01. The van der Waals surface area contributed by atoms with Crippen LogP contribution in [0.15, 0.2) is 12.7 Å². The van der Waals surface area contributed by atoms with E-state index >= 15 is 0 Å². The van der Waals surface area contributed by atoms with Gasteiger partial charge in [-0.3, -0.25) is 4.79 Å². The van der Waals surface area contributed by atoms with Gasteiger partial charge < -0.3 is 10.6 Å². The summed E-state index contributed by atoms with van der Waals surface area (Å²) in [5.74, 6) is -0.481. The summed E-state index contributed by atoms with van der Waals surface area (Å²) < 4.78 is 0. The second-order valence-electron chi connectivity index (χ2n) is 2.62. The molecule has 0 aromatic carbocycles. The Hall–Kier alpha value is -0.830. The van der Waals surface area contributed by atoms with Crippen molar-refractivity contribution >= 4 is 5.91 Å². The fourth-order valence-electron chi connectivity index (χ4n) is 0.875. The van der Waals surface area contributed by atoms with Crippen LogP contribution in [-0.4, -0.2) is 30.9 Å². The molecule has 0 aromatic rings. The Balaban J connectivity index is 0.000000187. The van der Waals surface area contributed by atoms with Crippen LogP contribution in [0.3, 0.4) is 0 Å². The summed E-state index contributed by atoms with van der Waals surface area (Å²) in [6.45, 7) is 5.72. The van der Waals surface area contributed by atoms with Crippen molar-refractivity contribution in [3.63, 3.8) is 0 Å². The summed E-state index contributed by atoms with van der Waals surface area (Å²) in [6.07, 6.45) is 3.88. The first kappa shape index (κ1) is 10.2. The van der Waals surface area contributed by atoms with E-state index in [9.17, 15) is 4.79 Å². The summed E-state index contributed by atoms with van der Waals surface area (Å²) in [4.78, 5) is 11.8. The molecule has 3 nitrogen and oxygen atoms in total. The molecule has 0 spiro atoms. The second-order valence-corrected chi connectivity index (χ2v) is 2.62. The number of primary amides is 1. The van der Waals surface area contributed by atoms with E-state index in [1.54, 1.807) is 0 Å². The number of carbonyl (C=O) groups is 1. The summed E-state index contributed by atoms with van der Waals surface area (Å²) >= 11 is 0. The van der Waals surface area contributed by atoms with Gasteiger partial charge in [-0.25, -0.2) is 0 Å². The first-order chi connectivity index (χ1) is 5.16. The molecule has 64 valence electrons. The highest BCUT2D eigenvalue weighted by atomic mass is 16.1. The van der Waals surface area contributed by atoms with Gasteiger partial charge in [0.25, 0.3) is 0 Å². The Kier molecular flexibility index (Phi) is 5.47. The van der Waals surface area contributed by atoms with Crippen molar-refractivity contribution in [3.05, 3.63) is 12.7 Å². The van der Waals surface area contributed by atoms with Crippen molar-refractivity contribution in [3.8, 4) is 0 Å². The van der Waals surface area contributed by atoms with Gasteiger partial charge in [0, 0.05) is 0 Å². The van der Waals surface area contributed by atoms with Gasteiger partial charge in [-0.2, -0.15) is 0 Å². The van der Waals surface area contributed by atoms with E-state index in [4.69, 9.17) is 0 Å². The molecule has 3 heteroatoms. The van der Waals surface area contributed by atoms with Gasteiger partial charge >= 0.3 is 0 Å². The molecule has 1 fully saturated rings. The number of carbonyl (C=O) groups excluding carboxylic acids is 1. The molecule has 1 heterocycles. The van der Waals surface area contributed by atoms with Gasteiger partial charge in [-0.1, -0.05) is 6.58 Å². The Morgan fingerprint density at radius 3 is 2.00 bits per heavy atom. The average molecular weight is 156 g/mol. The fraction of sp³-hybridized carbons (Fsp3) is 0.625. The Morgan fingerprint density at radius 2 is 1.91 bits per heavy atom. The molecular formula is C8H16N2O. The molecule has 2 N–H and O–H groups in total. The molecule has 0 atom stereocenters. The molecule has 1 aliphatic heterocycles. The highest BCUT2D eigenvalue weighted by Gasteiger charge is 2.03. The number of likely N-dealkylation sites (tertiary alicyclic amines) is 1. The first-order valence-corrected chi connectivity index (χ1v) is 3.77. The van der Waals surface area contributed by atoms with Crippen LogP contribution in [0.25, 0.3) is 0 Å². The van der Waals surface area contributed by atoms with Crippen LogP contribution in [0.5, 0.6) is 0 Å². The molecule has 0 unspecified atom stereocenters. The van der Waals surface area contributed by atoms with E-state index in [0.29, 0.717) is 0 Å². The predicted octanol–water partition coefficient (Wildman–Crippen LogP) is 0.370. The number of amides is 1. The van der Waals surface area contributed by atoms with Crippen molar-refractivity contribution in [1.82, 2.24) is 4.90 Å². The summed E-state index contributed by atoms with van der Waals surface area (Å²) in [5, 5.41) is 0. The van der Waals surface area contributed by atoms with Gasteiger partial charge in [0.15, 0.2) is 0 Å². The third kappa shape index (κ3) is 7.06. The molecule has 0 aromatic heterocycles. The lowest BCUT2D eigenvalue weighted by atomic mass is 10.4. The van der Waals surface area contributed by atoms with Crippen LogP contribution in [0.4, 0.5) is 0 Å². The van der Waals surface area contributed by atoms with E-state index in [-0.39, 0.29) is 0 Å². The van der Waals surface area contributed by atoms with Crippen molar-refractivity contribution in [2.45, 2.75) is 12.8 Å². The maximum atomic E-state index is 9.47. The second kappa shape index (κ2) is 5.92. The van der Waals surface area contributed by atoms with E-state index in [1.807, 2.05) is 0 Å². The minimum absolute atomic E-state index is 0.481. The summed E-state index contributed by atoms with van der Waals surface area (Å²) in [5.41, 5.74) is 4.53. The number of nitrogens with zero attached hydrogens (tertiary/aromatic N) is 1. The molecule has 0 saturated carbocycles. The van der Waals surface area contributed by atoms with Gasteiger partial charge in [-0.05, 0) is 39.1 Å². The third-order valence-corrected chi connectivity index (χ3v) is 1.53. The largest absolute Gasteiger partial charge is 0.366 e. The first-order valence-electron chi connectivity index (χ1n) is 3.77. The smallest absolute Gasteiger partial charge is 0.240 e. The average Bonchev–Trinajstić information content (AvgIpc) is 2.41. The van der Waals surface area contributed by atoms with Crippen LogP contribution in [-0.2, 0) is 4.79 Å². The normalized spacial score (nSPS) is 16.8. The SMILES string of the molecule is C=CC(N)=O.CN1CCCC1. The van der Waals surface area contributed by atoms with E-state index < -0.39 is 5.91 Å². The number of hydrogen-bond acceptors (Lipinski definition) is 2. The molecule has 0 aliphatic carbocycles. The zero-order valence-electron chi connectivity index (χ0n) is 7.05. The molecule has 0 radical (unpaired) electrons. The highest BCUT2D eigenvalue weighted by molar-refractivity contribution is 5.84. The van der Waals surface area contributed by atoms with Gasteiger partial charge in [-0.15, -0.1) is 0 Å². The lowest BCUT2D eigenvalue weighted by Crippen LogP contribution is -2.10. The quantitative estimate of drug-likeness (QED) is 0.557. The molecule has 1 rings (SSSR count). The summed E-state index contributed by atoms with van der Waals surface area (Å²) in [7, 11) is 2.17. The van der Waals surface area contributed by atoms with Crippen molar-refractivity contribution in [2.24, 2.45) is 5.73 Å². The Morgan fingerprint density at radius 1 is 1.55 bits per heavy atom. The summed E-state index contributed by atoms with van der Waals surface area (Å²) in [6, 6.07) is 0.